The van der Waals surface area contributed by atoms with Gasteiger partial charge in [-0.1, -0.05) is 30.3 Å². The highest BCUT2D eigenvalue weighted by Gasteiger charge is 2.14. The van der Waals surface area contributed by atoms with Crippen molar-refractivity contribution in [1.29, 1.82) is 0 Å². The summed E-state index contributed by atoms with van der Waals surface area (Å²) in [5.74, 6) is -0.633. The maximum absolute atomic E-state index is 12.0. The lowest BCUT2D eigenvalue weighted by Crippen LogP contribution is -2.34. The van der Waals surface area contributed by atoms with Gasteiger partial charge in [-0.2, -0.15) is 0 Å². The molecule has 0 saturated carbocycles. The molecule has 0 bridgehead atoms. The van der Waals surface area contributed by atoms with Crippen molar-refractivity contribution in [2.45, 2.75) is 25.7 Å². The van der Waals surface area contributed by atoms with Crippen LogP contribution in [-0.4, -0.2) is 35.6 Å². The van der Waals surface area contributed by atoms with Crippen LogP contribution >= 0.6 is 12.2 Å². The topological polar surface area (TPSA) is 120 Å². The Morgan fingerprint density at radius 1 is 1.13 bits per heavy atom. The summed E-state index contributed by atoms with van der Waals surface area (Å²) >= 11 is 5.06. The zero-order valence-electron chi connectivity index (χ0n) is 17.0. The number of nitrogens with zero attached hydrogens (tertiary/aromatic N) is 1. The summed E-state index contributed by atoms with van der Waals surface area (Å²) in [6.07, 6.45) is 1.31. The average Bonchev–Trinajstić information content (AvgIpc) is 2.75. The molecule has 0 fully saturated rings. The number of carbonyl (C=O) groups excluding carboxylic acids is 2. The van der Waals surface area contributed by atoms with Crippen LogP contribution in [0, 0.1) is 10.1 Å². The van der Waals surface area contributed by atoms with Crippen molar-refractivity contribution in [2.24, 2.45) is 0 Å². The number of methoxy groups -OCH3 is 1. The molecule has 0 atom stereocenters. The summed E-state index contributed by atoms with van der Waals surface area (Å²) in [7, 11) is 1.40. The second kappa shape index (κ2) is 12.2. The third kappa shape index (κ3) is 8.39. The molecule has 0 unspecified atom stereocenters. The van der Waals surface area contributed by atoms with E-state index in [1.165, 1.54) is 30.9 Å². The van der Waals surface area contributed by atoms with Gasteiger partial charge in [0.15, 0.2) is 5.11 Å². The molecule has 2 N–H and O–H groups in total. The number of thiocarbonyl (C=S) groups is 1. The fourth-order valence-electron chi connectivity index (χ4n) is 2.64. The van der Waals surface area contributed by atoms with Crippen LogP contribution in [0.5, 0.6) is 5.75 Å². The Balaban J connectivity index is 1.71. The van der Waals surface area contributed by atoms with Crippen molar-refractivity contribution in [1.82, 2.24) is 5.32 Å². The predicted octanol–water partition coefficient (Wildman–Crippen LogP) is 3.37. The molecule has 0 spiro atoms. The van der Waals surface area contributed by atoms with Crippen LogP contribution in [0.3, 0.4) is 0 Å². The third-order valence-electron chi connectivity index (χ3n) is 4.17. The number of non-ortho nitro benzene ring substituents is 1. The van der Waals surface area contributed by atoms with Crippen LogP contribution in [0.4, 0.5) is 11.4 Å². The molecule has 2 rings (SSSR count). The van der Waals surface area contributed by atoms with E-state index in [0.29, 0.717) is 12.2 Å². The van der Waals surface area contributed by atoms with Crippen LogP contribution in [-0.2, 0) is 20.7 Å². The van der Waals surface area contributed by atoms with Crippen LogP contribution in [0.15, 0.2) is 48.5 Å². The lowest BCUT2D eigenvalue weighted by atomic mass is 10.1. The zero-order chi connectivity index (χ0) is 22.6. The standard InChI is InChI=1S/C21H23N3O6S/c1-29-18-10-9-16(24(27)28)14-17(18)22-21(31)23-19(25)11-12-20(26)30-13-5-8-15-6-3-2-4-7-15/h2-4,6-7,9-10,14H,5,8,11-13H2,1H3,(H2,22,23,25,31). The highest BCUT2D eigenvalue weighted by molar-refractivity contribution is 7.80. The molecule has 0 aliphatic rings. The van der Waals surface area contributed by atoms with Gasteiger partial charge in [0.25, 0.3) is 5.69 Å². The predicted molar refractivity (Wildman–Crippen MR) is 119 cm³/mol. The van der Waals surface area contributed by atoms with Gasteiger partial charge in [-0.05, 0) is 36.7 Å². The maximum Gasteiger partial charge on any atom is 0.306 e. The van der Waals surface area contributed by atoms with Gasteiger partial charge < -0.3 is 20.1 Å². The quantitative estimate of drug-likeness (QED) is 0.188. The molecule has 0 aliphatic carbocycles. The Bertz CT molecular complexity index is 936. The first kappa shape index (κ1) is 23.7. The molecule has 2 aromatic rings. The number of hydrogen-bond donors (Lipinski definition) is 2. The molecular weight excluding hydrogens is 422 g/mol. The number of ether oxygens (including phenoxy) is 2. The molecule has 10 heteroatoms. The van der Waals surface area contributed by atoms with E-state index >= 15 is 0 Å². The lowest BCUT2D eigenvalue weighted by Gasteiger charge is -2.12. The molecule has 0 aliphatic heterocycles. The Kier molecular flexibility index (Phi) is 9.37. The van der Waals surface area contributed by atoms with Gasteiger partial charge >= 0.3 is 5.97 Å². The number of nitrogens with one attached hydrogen (secondary N) is 2. The third-order valence-corrected chi connectivity index (χ3v) is 4.37. The van der Waals surface area contributed by atoms with E-state index in [2.05, 4.69) is 10.6 Å². The van der Waals surface area contributed by atoms with E-state index in [0.717, 1.165) is 6.42 Å². The highest BCUT2D eigenvalue weighted by Crippen LogP contribution is 2.28. The van der Waals surface area contributed by atoms with Gasteiger partial charge in [0, 0.05) is 18.6 Å². The van der Waals surface area contributed by atoms with Crippen molar-refractivity contribution in [2.75, 3.05) is 19.0 Å². The molecule has 0 aromatic heterocycles. The largest absolute Gasteiger partial charge is 0.495 e. The van der Waals surface area contributed by atoms with Crippen molar-refractivity contribution >= 4 is 40.6 Å². The van der Waals surface area contributed by atoms with Gasteiger partial charge in [-0.25, -0.2) is 0 Å². The number of benzene rings is 2. The van der Waals surface area contributed by atoms with Gasteiger partial charge in [0.2, 0.25) is 5.91 Å². The number of carbonyl (C=O) groups is 2. The summed E-state index contributed by atoms with van der Waals surface area (Å²) in [4.78, 5) is 34.2. The van der Waals surface area contributed by atoms with Crippen molar-refractivity contribution in [3.63, 3.8) is 0 Å². The number of amides is 1. The second-order valence-corrected chi connectivity index (χ2v) is 6.86. The van der Waals surface area contributed by atoms with E-state index in [9.17, 15) is 19.7 Å². The Morgan fingerprint density at radius 3 is 2.55 bits per heavy atom. The van der Waals surface area contributed by atoms with E-state index in [-0.39, 0.29) is 35.9 Å². The van der Waals surface area contributed by atoms with Gasteiger partial charge in [0.05, 0.1) is 30.7 Å². The average molecular weight is 445 g/mol. The Labute approximate surface area is 184 Å². The minimum Gasteiger partial charge on any atom is -0.495 e. The molecule has 2 aromatic carbocycles. The maximum atomic E-state index is 12.0. The number of aryl methyl sites for hydroxylation is 1. The van der Waals surface area contributed by atoms with Crippen LogP contribution < -0.4 is 15.4 Å². The first-order chi connectivity index (χ1) is 14.9. The van der Waals surface area contributed by atoms with Crippen LogP contribution in [0.1, 0.15) is 24.8 Å². The summed E-state index contributed by atoms with van der Waals surface area (Å²) in [5, 5.41) is 16.0. The molecule has 1 amide bonds. The molecule has 9 nitrogen and oxygen atoms in total. The van der Waals surface area contributed by atoms with E-state index in [1.54, 1.807) is 0 Å². The minimum absolute atomic E-state index is 0.0694. The van der Waals surface area contributed by atoms with Crippen molar-refractivity contribution in [3.8, 4) is 5.75 Å². The highest BCUT2D eigenvalue weighted by atomic mass is 32.1. The summed E-state index contributed by atoms with van der Waals surface area (Å²) in [6, 6.07) is 13.8. The number of anilines is 1. The summed E-state index contributed by atoms with van der Waals surface area (Å²) in [6.45, 7) is 0.280. The minimum atomic E-state index is -0.558. The SMILES string of the molecule is COc1ccc([N+](=O)[O-])cc1NC(=S)NC(=O)CCC(=O)OCCCc1ccccc1. The molecule has 164 valence electrons. The van der Waals surface area contributed by atoms with Crippen LogP contribution in [0.25, 0.3) is 0 Å². The summed E-state index contributed by atoms with van der Waals surface area (Å²) in [5.41, 5.74) is 1.24. The smallest absolute Gasteiger partial charge is 0.306 e. The first-order valence-electron chi connectivity index (χ1n) is 9.52. The van der Waals surface area contributed by atoms with Crippen molar-refractivity contribution in [3.05, 3.63) is 64.2 Å². The normalized spacial score (nSPS) is 10.1. The first-order valence-corrected chi connectivity index (χ1v) is 9.92. The lowest BCUT2D eigenvalue weighted by molar-refractivity contribution is -0.384. The molecule has 0 radical (unpaired) electrons. The molecule has 31 heavy (non-hydrogen) atoms. The van der Waals surface area contributed by atoms with Gasteiger partial charge in [-0.15, -0.1) is 0 Å². The number of nitro groups is 1. The number of rotatable bonds is 10. The molecule has 0 saturated heterocycles. The van der Waals surface area contributed by atoms with Crippen LogP contribution in [0.2, 0.25) is 0 Å². The van der Waals surface area contributed by atoms with E-state index in [4.69, 9.17) is 21.7 Å². The number of nitro benzene ring substituents is 1. The van der Waals surface area contributed by atoms with Crippen molar-refractivity contribution < 1.29 is 24.0 Å². The molecular formula is C21H23N3O6S. The fraction of sp³-hybridized carbons (Fsp3) is 0.286. The monoisotopic (exact) mass is 445 g/mol. The number of hydrogen-bond acceptors (Lipinski definition) is 7. The van der Waals surface area contributed by atoms with E-state index < -0.39 is 16.8 Å². The molecule has 0 heterocycles. The van der Waals surface area contributed by atoms with Gasteiger partial charge in [0.1, 0.15) is 5.75 Å². The Hall–Kier alpha value is -3.53. The van der Waals surface area contributed by atoms with Gasteiger partial charge in [-0.3, -0.25) is 19.7 Å². The second-order valence-electron chi connectivity index (χ2n) is 6.45. The summed E-state index contributed by atoms with van der Waals surface area (Å²) < 4.78 is 10.3. The van der Waals surface area contributed by atoms with E-state index in [1.807, 2.05) is 30.3 Å². The fourth-order valence-corrected chi connectivity index (χ4v) is 2.87. The zero-order valence-corrected chi connectivity index (χ0v) is 17.8. The Morgan fingerprint density at radius 2 is 1.87 bits per heavy atom. The number of esters is 1.